The van der Waals surface area contributed by atoms with Crippen molar-refractivity contribution in [2.45, 2.75) is 52.4 Å². The van der Waals surface area contributed by atoms with E-state index < -0.39 is 18.3 Å². The van der Waals surface area contributed by atoms with Crippen LogP contribution in [-0.2, 0) is 0 Å². The molecular weight excluding hydrogens is 158 g/mol. The van der Waals surface area contributed by atoms with Gasteiger partial charge in [0, 0.05) is 5.92 Å². The standard InChI is InChI=1S/C10H18F2/c1-10(2,3)9-7(11)5-4-6-8(9)12/h7-9H,4-6H2,1-3H3. The molecule has 12 heavy (non-hydrogen) atoms. The molecule has 0 aromatic heterocycles. The van der Waals surface area contributed by atoms with Crippen LogP contribution in [0.25, 0.3) is 0 Å². The highest BCUT2D eigenvalue weighted by molar-refractivity contribution is 4.89. The van der Waals surface area contributed by atoms with Gasteiger partial charge >= 0.3 is 0 Å². The Kier molecular flexibility index (Phi) is 2.74. The Morgan fingerprint density at radius 1 is 1.00 bits per heavy atom. The maximum atomic E-state index is 13.4. The lowest BCUT2D eigenvalue weighted by atomic mass is 9.70. The maximum absolute atomic E-state index is 13.4. The first-order valence-corrected chi connectivity index (χ1v) is 4.71. The number of hydrogen-bond donors (Lipinski definition) is 0. The SMILES string of the molecule is CC(C)(C)C1C(F)CCCC1F. The van der Waals surface area contributed by atoms with Crippen LogP contribution in [0.1, 0.15) is 40.0 Å². The third kappa shape index (κ3) is 1.96. The van der Waals surface area contributed by atoms with E-state index in [2.05, 4.69) is 0 Å². The lowest BCUT2D eigenvalue weighted by Gasteiger charge is -2.38. The van der Waals surface area contributed by atoms with E-state index in [-0.39, 0.29) is 5.41 Å². The molecule has 0 saturated heterocycles. The predicted molar refractivity (Wildman–Crippen MR) is 46.6 cm³/mol. The molecule has 72 valence electrons. The molecule has 0 heterocycles. The van der Waals surface area contributed by atoms with Crippen molar-refractivity contribution in [2.75, 3.05) is 0 Å². The smallest absolute Gasteiger partial charge is 0.106 e. The van der Waals surface area contributed by atoms with Crippen molar-refractivity contribution in [1.82, 2.24) is 0 Å². The van der Waals surface area contributed by atoms with E-state index >= 15 is 0 Å². The van der Waals surface area contributed by atoms with E-state index in [0.29, 0.717) is 19.3 Å². The van der Waals surface area contributed by atoms with Gasteiger partial charge < -0.3 is 0 Å². The second-order valence-electron chi connectivity index (χ2n) is 4.85. The highest BCUT2D eigenvalue weighted by atomic mass is 19.1. The van der Waals surface area contributed by atoms with Gasteiger partial charge in [0.15, 0.2) is 0 Å². The van der Waals surface area contributed by atoms with Gasteiger partial charge in [0.1, 0.15) is 12.3 Å². The number of hydrogen-bond acceptors (Lipinski definition) is 0. The largest absolute Gasteiger partial charge is 0.247 e. The highest BCUT2D eigenvalue weighted by Crippen LogP contribution is 2.41. The van der Waals surface area contributed by atoms with Crippen LogP contribution < -0.4 is 0 Å². The minimum Gasteiger partial charge on any atom is -0.247 e. The van der Waals surface area contributed by atoms with E-state index in [0.717, 1.165) is 0 Å². The van der Waals surface area contributed by atoms with Gasteiger partial charge in [-0.2, -0.15) is 0 Å². The molecule has 0 aromatic rings. The lowest BCUT2D eigenvalue weighted by Crippen LogP contribution is -2.40. The van der Waals surface area contributed by atoms with Crippen LogP contribution in [0.4, 0.5) is 8.78 Å². The van der Waals surface area contributed by atoms with Gasteiger partial charge in [-0.15, -0.1) is 0 Å². The van der Waals surface area contributed by atoms with Crippen molar-refractivity contribution in [1.29, 1.82) is 0 Å². The third-order valence-corrected chi connectivity index (χ3v) is 2.74. The Morgan fingerprint density at radius 2 is 1.42 bits per heavy atom. The van der Waals surface area contributed by atoms with Crippen LogP contribution >= 0.6 is 0 Å². The van der Waals surface area contributed by atoms with Gasteiger partial charge in [-0.3, -0.25) is 0 Å². The summed E-state index contributed by atoms with van der Waals surface area (Å²) in [6.45, 7) is 5.76. The highest BCUT2D eigenvalue weighted by Gasteiger charge is 2.41. The number of halogens is 2. The van der Waals surface area contributed by atoms with Crippen molar-refractivity contribution >= 4 is 0 Å². The van der Waals surface area contributed by atoms with Crippen LogP contribution in [0.15, 0.2) is 0 Å². The Bertz CT molecular complexity index is 138. The molecule has 0 amide bonds. The zero-order valence-corrected chi connectivity index (χ0v) is 8.11. The summed E-state index contributed by atoms with van der Waals surface area (Å²) in [5.74, 6) is -0.397. The topological polar surface area (TPSA) is 0 Å². The van der Waals surface area contributed by atoms with E-state index in [1.165, 1.54) is 0 Å². The van der Waals surface area contributed by atoms with Gasteiger partial charge in [-0.1, -0.05) is 20.8 Å². The molecule has 1 aliphatic carbocycles. The molecular formula is C10H18F2. The molecule has 1 aliphatic rings. The molecule has 1 fully saturated rings. The first-order chi connectivity index (χ1) is 5.43. The van der Waals surface area contributed by atoms with Gasteiger partial charge in [0.25, 0.3) is 0 Å². The van der Waals surface area contributed by atoms with Crippen LogP contribution in [0.3, 0.4) is 0 Å². The summed E-state index contributed by atoms with van der Waals surface area (Å²) >= 11 is 0. The van der Waals surface area contributed by atoms with Gasteiger partial charge in [-0.25, -0.2) is 8.78 Å². The van der Waals surface area contributed by atoms with Crippen molar-refractivity contribution in [3.63, 3.8) is 0 Å². The van der Waals surface area contributed by atoms with Crippen molar-refractivity contribution in [2.24, 2.45) is 11.3 Å². The second kappa shape index (κ2) is 3.31. The lowest BCUT2D eigenvalue weighted by molar-refractivity contribution is 0.00419. The summed E-state index contributed by atoms with van der Waals surface area (Å²) in [6, 6.07) is 0. The first-order valence-electron chi connectivity index (χ1n) is 4.71. The fourth-order valence-corrected chi connectivity index (χ4v) is 2.18. The molecule has 0 N–H and O–H groups in total. The van der Waals surface area contributed by atoms with E-state index in [1.807, 2.05) is 20.8 Å². The molecule has 1 saturated carbocycles. The molecule has 0 bridgehead atoms. The van der Waals surface area contributed by atoms with E-state index in [9.17, 15) is 8.78 Å². The minimum atomic E-state index is -0.936. The zero-order chi connectivity index (χ0) is 9.35. The minimum absolute atomic E-state index is 0.237. The number of alkyl halides is 2. The molecule has 2 atom stereocenters. The van der Waals surface area contributed by atoms with Crippen molar-refractivity contribution in [3.05, 3.63) is 0 Å². The average molecular weight is 176 g/mol. The molecule has 2 unspecified atom stereocenters. The van der Waals surface area contributed by atoms with Crippen LogP contribution in [0.2, 0.25) is 0 Å². The van der Waals surface area contributed by atoms with E-state index in [1.54, 1.807) is 0 Å². The monoisotopic (exact) mass is 176 g/mol. The Balaban J connectivity index is 2.69. The Morgan fingerprint density at radius 3 is 1.67 bits per heavy atom. The molecule has 0 nitrogen and oxygen atoms in total. The van der Waals surface area contributed by atoms with Crippen molar-refractivity contribution < 1.29 is 8.78 Å². The average Bonchev–Trinajstić information content (AvgIpc) is 1.82. The summed E-state index contributed by atoms with van der Waals surface area (Å²) in [7, 11) is 0. The summed E-state index contributed by atoms with van der Waals surface area (Å²) in [5.41, 5.74) is -0.237. The Hall–Kier alpha value is -0.140. The molecule has 0 spiro atoms. The molecule has 0 aromatic carbocycles. The Labute approximate surface area is 73.3 Å². The summed E-state index contributed by atoms with van der Waals surface area (Å²) < 4.78 is 26.7. The summed E-state index contributed by atoms with van der Waals surface area (Å²) in [4.78, 5) is 0. The van der Waals surface area contributed by atoms with Gasteiger partial charge in [-0.05, 0) is 24.7 Å². The third-order valence-electron chi connectivity index (χ3n) is 2.74. The van der Waals surface area contributed by atoms with Crippen LogP contribution in [0, 0.1) is 11.3 Å². The van der Waals surface area contributed by atoms with Gasteiger partial charge in [0.2, 0.25) is 0 Å². The first kappa shape index (κ1) is 9.94. The quantitative estimate of drug-likeness (QED) is 0.530. The molecule has 0 aliphatic heterocycles. The summed E-state index contributed by atoms with van der Waals surface area (Å²) in [5, 5.41) is 0. The number of rotatable bonds is 0. The fraction of sp³-hybridized carbons (Fsp3) is 1.00. The maximum Gasteiger partial charge on any atom is 0.106 e. The zero-order valence-electron chi connectivity index (χ0n) is 8.11. The van der Waals surface area contributed by atoms with Crippen molar-refractivity contribution in [3.8, 4) is 0 Å². The van der Waals surface area contributed by atoms with Crippen LogP contribution in [0.5, 0.6) is 0 Å². The molecule has 2 heteroatoms. The predicted octanol–water partition coefficient (Wildman–Crippen LogP) is 3.51. The summed E-state index contributed by atoms with van der Waals surface area (Å²) in [6.07, 6.45) is -0.0814. The van der Waals surface area contributed by atoms with E-state index in [4.69, 9.17) is 0 Å². The van der Waals surface area contributed by atoms with Crippen LogP contribution in [-0.4, -0.2) is 12.3 Å². The molecule has 0 radical (unpaired) electrons. The molecule has 1 rings (SSSR count). The second-order valence-corrected chi connectivity index (χ2v) is 4.85. The normalized spacial score (nSPS) is 38.2. The fourth-order valence-electron chi connectivity index (χ4n) is 2.18. The van der Waals surface area contributed by atoms with Gasteiger partial charge in [0.05, 0.1) is 0 Å².